The Balaban J connectivity index is 2.15. The van der Waals surface area contributed by atoms with Crippen LogP contribution in [0.1, 0.15) is 18.9 Å². The number of aryl methyl sites for hydroxylation is 1. The predicted molar refractivity (Wildman–Crippen MR) is 92.0 cm³/mol. The van der Waals surface area contributed by atoms with Crippen LogP contribution in [-0.4, -0.2) is 19.4 Å². The molecule has 0 N–H and O–H groups in total. The second-order valence-corrected chi connectivity index (χ2v) is 7.91. The minimum absolute atomic E-state index is 0.0916. The standard InChI is InChI=1S/C16H15ClN2O4S/c1-11-6-7-12-4-2-3-5-15(12)18(11)24(22,23)13-8-9-14(17)16(10-13)19(20)21/h2-5,8-11H,6-7H2,1H3/t11-/m0/s1. The average molecular weight is 367 g/mol. The van der Waals surface area contributed by atoms with Gasteiger partial charge in [-0.2, -0.15) is 0 Å². The van der Waals surface area contributed by atoms with Gasteiger partial charge in [-0.15, -0.1) is 0 Å². The summed E-state index contributed by atoms with van der Waals surface area (Å²) in [5.41, 5.74) is 1.15. The van der Waals surface area contributed by atoms with Crippen molar-refractivity contribution in [3.63, 3.8) is 0 Å². The summed E-state index contributed by atoms with van der Waals surface area (Å²) in [5, 5.41) is 11.0. The van der Waals surface area contributed by atoms with Crippen LogP contribution in [0.4, 0.5) is 11.4 Å². The SMILES string of the molecule is C[C@H]1CCc2ccccc2N1S(=O)(=O)c1ccc(Cl)c([N+](=O)[O-])c1. The molecule has 1 aliphatic heterocycles. The van der Waals surface area contributed by atoms with E-state index in [4.69, 9.17) is 11.6 Å². The summed E-state index contributed by atoms with van der Waals surface area (Å²) in [5.74, 6) is 0. The smallest absolute Gasteiger partial charge is 0.263 e. The van der Waals surface area contributed by atoms with Gasteiger partial charge in [0.25, 0.3) is 15.7 Å². The van der Waals surface area contributed by atoms with Gasteiger partial charge in [-0.3, -0.25) is 14.4 Å². The fraction of sp³-hybridized carbons (Fsp3) is 0.250. The number of para-hydroxylation sites is 1. The molecule has 126 valence electrons. The maximum atomic E-state index is 13.1. The number of sulfonamides is 1. The van der Waals surface area contributed by atoms with Crippen LogP contribution in [0.3, 0.4) is 0 Å². The quantitative estimate of drug-likeness (QED) is 0.611. The highest BCUT2D eigenvalue weighted by Gasteiger charge is 2.34. The molecule has 1 atom stereocenters. The van der Waals surface area contributed by atoms with Crippen molar-refractivity contribution in [2.45, 2.75) is 30.7 Å². The summed E-state index contributed by atoms with van der Waals surface area (Å²) in [4.78, 5) is 10.2. The first-order valence-electron chi connectivity index (χ1n) is 7.38. The minimum Gasteiger partial charge on any atom is -0.263 e. The third-order valence-corrected chi connectivity index (χ3v) is 6.38. The van der Waals surface area contributed by atoms with E-state index in [1.165, 1.54) is 16.4 Å². The largest absolute Gasteiger partial charge is 0.289 e. The molecule has 0 spiro atoms. The van der Waals surface area contributed by atoms with Crippen molar-refractivity contribution in [3.05, 3.63) is 63.2 Å². The minimum atomic E-state index is -3.93. The van der Waals surface area contributed by atoms with Gasteiger partial charge in [-0.05, 0) is 43.5 Å². The van der Waals surface area contributed by atoms with Gasteiger partial charge in [-0.1, -0.05) is 29.8 Å². The van der Waals surface area contributed by atoms with E-state index in [2.05, 4.69) is 0 Å². The van der Waals surface area contributed by atoms with Gasteiger partial charge in [-0.25, -0.2) is 8.42 Å². The topological polar surface area (TPSA) is 80.5 Å². The molecule has 8 heteroatoms. The molecule has 1 heterocycles. The van der Waals surface area contributed by atoms with Crippen LogP contribution in [0.25, 0.3) is 0 Å². The lowest BCUT2D eigenvalue weighted by molar-refractivity contribution is -0.384. The molecule has 0 saturated heterocycles. The molecule has 0 amide bonds. The third kappa shape index (κ3) is 2.74. The second kappa shape index (κ2) is 6.07. The fourth-order valence-electron chi connectivity index (χ4n) is 2.93. The summed E-state index contributed by atoms with van der Waals surface area (Å²) in [6, 6.07) is 10.6. The summed E-state index contributed by atoms with van der Waals surface area (Å²) < 4.78 is 27.6. The molecule has 1 aliphatic rings. The first kappa shape index (κ1) is 16.7. The van der Waals surface area contributed by atoms with Gasteiger partial charge in [0.15, 0.2) is 0 Å². The van der Waals surface area contributed by atoms with Crippen LogP contribution in [-0.2, 0) is 16.4 Å². The lowest BCUT2D eigenvalue weighted by Crippen LogP contribution is -2.42. The number of halogens is 1. The van der Waals surface area contributed by atoms with E-state index in [0.29, 0.717) is 12.1 Å². The van der Waals surface area contributed by atoms with Crippen molar-refractivity contribution in [2.75, 3.05) is 4.31 Å². The highest BCUT2D eigenvalue weighted by atomic mass is 35.5. The molecular formula is C16H15ClN2O4S. The molecule has 0 bridgehead atoms. The van der Waals surface area contributed by atoms with E-state index in [-0.39, 0.29) is 16.0 Å². The molecule has 0 saturated carbocycles. The zero-order valence-electron chi connectivity index (χ0n) is 12.8. The van der Waals surface area contributed by atoms with Crippen molar-refractivity contribution in [1.82, 2.24) is 0 Å². The predicted octanol–water partition coefficient (Wildman–Crippen LogP) is 3.78. The molecule has 2 aromatic carbocycles. The Morgan fingerprint density at radius 2 is 1.96 bits per heavy atom. The van der Waals surface area contributed by atoms with E-state index in [9.17, 15) is 18.5 Å². The Morgan fingerprint density at radius 3 is 2.67 bits per heavy atom. The average Bonchev–Trinajstić information content (AvgIpc) is 2.54. The van der Waals surface area contributed by atoms with Crippen LogP contribution in [0.5, 0.6) is 0 Å². The van der Waals surface area contributed by atoms with Gasteiger partial charge in [0, 0.05) is 12.1 Å². The Hall–Kier alpha value is -2.12. The summed E-state index contributed by atoms with van der Waals surface area (Å²) in [6.07, 6.45) is 1.48. The number of hydrogen-bond donors (Lipinski definition) is 0. The number of nitro groups is 1. The number of hydrogen-bond acceptors (Lipinski definition) is 4. The molecule has 0 radical (unpaired) electrons. The molecule has 0 aliphatic carbocycles. The van der Waals surface area contributed by atoms with Crippen LogP contribution in [0.2, 0.25) is 5.02 Å². The lowest BCUT2D eigenvalue weighted by Gasteiger charge is -2.35. The Kier molecular flexibility index (Phi) is 4.23. The van der Waals surface area contributed by atoms with E-state index in [1.807, 2.05) is 19.1 Å². The van der Waals surface area contributed by atoms with Gasteiger partial charge in [0.05, 0.1) is 15.5 Å². The van der Waals surface area contributed by atoms with Crippen molar-refractivity contribution in [2.24, 2.45) is 0 Å². The van der Waals surface area contributed by atoms with Gasteiger partial charge in [0.2, 0.25) is 0 Å². The molecule has 3 rings (SSSR count). The molecule has 0 aromatic heterocycles. The lowest BCUT2D eigenvalue weighted by atomic mass is 9.99. The second-order valence-electron chi connectivity index (χ2n) is 5.69. The number of anilines is 1. The number of nitro benzene ring substituents is 1. The Labute approximate surface area is 144 Å². The zero-order valence-corrected chi connectivity index (χ0v) is 14.4. The fourth-order valence-corrected chi connectivity index (χ4v) is 4.86. The normalized spacial score (nSPS) is 17.4. The van der Waals surface area contributed by atoms with Crippen LogP contribution < -0.4 is 4.31 Å². The van der Waals surface area contributed by atoms with Crippen molar-refractivity contribution in [1.29, 1.82) is 0 Å². The third-order valence-electron chi connectivity index (χ3n) is 4.13. The molecule has 24 heavy (non-hydrogen) atoms. The van der Waals surface area contributed by atoms with E-state index in [0.717, 1.165) is 18.1 Å². The van der Waals surface area contributed by atoms with Gasteiger partial charge < -0.3 is 0 Å². The maximum absolute atomic E-state index is 13.1. The number of fused-ring (bicyclic) bond motifs is 1. The Morgan fingerprint density at radius 1 is 1.25 bits per heavy atom. The number of benzene rings is 2. The summed E-state index contributed by atoms with van der Waals surface area (Å²) >= 11 is 5.79. The van der Waals surface area contributed by atoms with Gasteiger partial charge >= 0.3 is 0 Å². The molecule has 6 nitrogen and oxygen atoms in total. The monoisotopic (exact) mass is 366 g/mol. The molecule has 2 aromatic rings. The van der Waals surface area contributed by atoms with Crippen LogP contribution in [0, 0.1) is 10.1 Å². The summed E-state index contributed by atoms with van der Waals surface area (Å²) in [7, 11) is -3.93. The molecular weight excluding hydrogens is 352 g/mol. The van der Waals surface area contributed by atoms with Gasteiger partial charge in [0.1, 0.15) is 5.02 Å². The maximum Gasteiger partial charge on any atom is 0.289 e. The number of rotatable bonds is 3. The zero-order chi connectivity index (χ0) is 17.5. The van der Waals surface area contributed by atoms with E-state index < -0.39 is 20.6 Å². The van der Waals surface area contributed by atoms with Crippen LogP contribution >= 0.6 is 11.6 Å². The highest BCUT2D eigenvalue weighted by molar-refractivity contribution is 7.92. The van der Waals surface area contributed by atoms with Crippen molar-refractivity contribution >= 4 is 33.0 Å². The molecule has 0 fully saturated rings. The van der Waals surface area contributed by atoms with Crippen molar-refractivity contribution < 1.29 is 13.3 Å². The molecule has 0 unspecified atom stereocenters. The summed E-state index contributed by atoms with van der Waals surface area (Å²) in [6.45, 7) is 1.83. The number of nitrogens with zero attached hydrogens (tertiary/aromatic N) is 2. The first-order chi connectivity index (χ1) is 11.3. The highest BCUT2D eigenvalue weighted by Crippen LogP contribution is 2.36. The van der Waals surface area contributed by atoms with Crippen LogP contribution in [0.15, 0.2) is 47.4 Å². The van der Waals surface area contributed by atoms with E-state index in [1.54, 1.807) is 12.1 Å². The van der Waals surface area contributed by atoms with E-state index >= 15 is 0 Å². The first-order valence-corrected chi connectivity index (χ1v) is 9.20. The Bertz CT molecular complexity index is 914. The van der Waals surface area contributed by atoms with Crippen molar-refractivity contribution in [3.8, 4) is 0 Å².